The second kappa shape index (κ2) is 4.30. The van der Waals surface area contributed by atoms with Crippen LogP contribution in [0.1, 0.15) is 44.1 Å². The molecule has 0 heterocycles. The maximum absolute atomic E-state index is 13.1. The van der Waals surface area contributed by atoms with Gasteiger partial charge in [-0.3, -0.25) is 0 Å². The molecule has 1 aromatic carbocycles. The van der Waals surface area contributed by atoms with Crippen molar-refractivity contribution in [2.75, 3.05) is 0 Å². The Morgan fingerprint density at radius 1 is 1.13 bits per heavy atom. The zero-order chi connectivity index (χ0) is 10.8. The summed E-state index contributed by atoms with van der Waals surface area (Å²) in [6, 6.07) is 3.92. The standard InChI is InChI=1S/C13H16F2/c1-2-9-4-3-5-13(9)10-6-11(14)8-12(15)7-10/h6-9,13H,2-5H2,1H3. The first-order valence-corrected chi connectivity index (χ1v) is 5.66. The first kappa shape index (κ1) is 10.6. The van der Waals surface area contributed by atoms with Crippen molar-refractivity contribution in [1.29, 1.82) is 0 Å². The molecular formula is C13H16F2. The van der Waals surface area contributed by atoms with Gasteiger partial charge in [-0.25, -0.2) is 8.78 Å². The van der Waals surface area contributed by atoms with Crippen LogP contribution in [0, 0.1) is 17.6 Å². The lowest BCUT2D eigenvalue weighted by Gasteiger charge is -2.18. The summed E-state index contributed by atoms with van der Waals surface area (Å²) < 4.78 is 26.1. The molecule has 0 saturated heterocycles. The van der Waals surface area contributed by atoms with Gasteiger partial charge >= 0.3 is 0 Å². The van der Waals surface area contributed by atoms with Gasteiger partial charge in [-0.1, -0.05) is 19.8 Å². The largest absolute Gasteiger partial charge is 0.207 e. The third-order valence-electron chi connectivity index (χ3n) is 3.50. The summed E-state index contributed by atoms with van der Waals surface area (Å²) in [6.45, 7) is 2.15. The van der Waals surface area contributed by atoms with Crippen molar-refractivity contribution in [2.45, 2.75) is 38.5 Å². The summed E-state index contributed by atoms with van der Waals surface area (Å²) in [5.41, 5.74) is 0.844. The Bertz CT molecular complexity index is 326. The summed E-state index contributed by atoms with van der Waals surface area (Å²) in [5, 5.41) is 0. The molecule has 0 aliphatic heterocycles. The first-order chi connectivity index (χ1) is 7.20. The Morgan fingerprint density at radius 2 is 1.80 bits per heavy atom. The molecule has 2 rings (SSSR count). The van der Waals surface area contributed by atoms with Crippen molar-refractivity contribution in [3.05, 3.63) is 35.4 Å². The lowest BCUT2D eigenvalue weighted by atomic mass is 9.87. The maximum atomic E-state index is 13.1. The van der Waals surface area contributed by atoms with Crippen LogP contribution in [-0.2, 0) is 0 Å². The van der Waals surface area contributed by atoms with E-state index in [2.05, 4.69) is 6.92 Å². The topological polar surface area (TPSA) is 0 Å². The van der Waals surface area contributed by atoms with Gasteiger partial charge in [0, 0.05) is 6.07 Å². The molecule has 2 heteroatoms. The predicted molar refractivity (Wildman–Crippen MR) is 56.7 cm³/mol. The van der Waals surface area contributed by atoms with Gasteiger partial charge in [-0.05, 0) is 42.4 Å². The van der Waals surface area contributed by atoms with Gasteiger partial charge in [-0.15, -0.1) is 0 Å². The lowest BCUT2D eigenvalue weighted by Crippen LogP contribution is -2.05. The highest BCUT2D eigenvalue weighted by molar-refractivity contribution is 5.23. The predicted octanol–water partition coefficient (Wildman–Crippen LogP) is 4.26. The van der Waals surface area contributed by atoms with E-state index in [0.29, 0.717) is 11.8 Å². The van der Waals surface area contributed by atoms with E-state index < -0.39 is 11.6 Å². The van der Waals surface area contributed by atoms with Crippen LogP contribution >= 0.6 is 0 Å². The molecule has 0 N–H and O–H groups in total. The second-order valence-electron chi connectivity index (χ2n) is 4.41. The molecule has 82 valence electrons. The monoisotopic (exact) mass is 210 g/mol. The van der Waals surface area contributed by atoms with Crippen LogP contribution in [0.4, 0.5) is 8.78 Å². The van der Waals surface area contributed by atoms with Crippen molar-refractivity contribution < 1.29 is 8.78 Å². The Balaban J connectivity index is 2.28. The van der Waals surface area contributed by atoms with Crippen molar-refractivity contribution in [3.8, 4) is 0 Å². The van der Waals surface area contributed by atoms with Gasteiger partial charge in [0.25, 0.3) is 0 Å². The minimum absolute atomic E-state index is 0.361. The highest BCUT2D eigenvalue weighted by atomic mass is 19.1. The summed E-state index contributed by atoms with van der Waals surface area (Å²) in [4.78, 5) is 0. The zero-order valence-corrected chi connectivity index (χ0v) is 8.97. The van der Waals surface area contributed by atoms with Crippen LogP contribution in [0.2, 0.25) is 0 Å². The van der Waals surface area contributed by atoms with Gasteiger partial charge in [0.2, 0.25) is 0 Å². The van der Waals surface area contributed by atoms with Crippen LogP contribution in [0.15, 0.2) is 18.2 Å². The molecule has 2 atom stereocenters. The Hall–Kier alpha value is -0.920. The molecule has 1 saturated carbocycles. The number of halogens is 2. The van der Waals surface area contributed by atoms with Gasteiger partial charge in [0.1, 0.15) is 11.6 Å². The van der Waals surface area contributed by atoms with Gasteiger partial charge in [-0.2, -0.15) is 0 Å². The molecular weight excluding hydrogens is 194 g/mol. The summed E-state index contributed by atoms with van der Waals surface area (Å²) >= 11 is 0. The minimum Gasteiger partial charge on any atom is -0.207 e. The lowest BCUT2D eigenvalue weighted by molar-refractivity contribution is 0.464. The van der Waals surface area contributed by atoms with E-state index >= 15 is 0 Å². The fourth-order valence-corrected chi connectivity index (χ4v) is 2.75. The maximum Gasteiger partial charge on any atom is 0.126 e. The third-order valence-corrected chi connectivity index (χ3v) is 3.50. The highest BCUT2D eigenvalue weighted by Crippen LogP contribution is 2.41. The summed E-state index contributed by atoms with van der Waals surface area (Å²) in [5.74, 6) is 0.0601. The van der Waals surface area contributed by atoms with E-state index in [1.54, 1.807) is 0 Å². The molecule has 0 spiro atoms. The fourth-order valence-electron chi connectivity index (χ4n) is 2.75. The van der Waals surface area contributed by atoms with Crippen molar-refractivity contribution in [1.82, 2.24) is 0 Å². The number of hydrogen-bond donors (Lipinski definition) is 0. The van der Waals surface area contributed by atoms with Gasteiger partial charge in [0.05, 0.1) is 0 Å². The number of benzene rings is 1. The molecule has 1 aliphatic rings. The van der Waals surface area contributed by atoms with E-state index in [0.717, 1.165) is 24.5 Å². The Morgan fingerprint density at radius 3 is 2.40 bits per heavy atom. The molecule has 0 aromatic heterocycles. The van der Waals surface area contributed by atoms with Crippen LogP contribution in [0.3, 0.4) is 0 Å². The molecule has 1 aromatic rings. The molecule has 0 nitrogen and oxygen atoms in total. The van der Waals surface area contributed by atoms with Crippen molar-refractivity contribution in [3.63, 3.8) is 0 Å². The fraction of sp³-hybridized carbons (Fsp3) is 0.538. The normalized spacial score (nSPS) is 25.8. The van der Waals surface area contributed by atoms with E-state index in [4.69, 9.17) is 0 Å². The van der Waals surface area contributed by atoms with Crippen LogP contribution < -0.4 is 0 Å². The van der Waals surface area contributed by atoms with Crippen molar-refractivity contribution in [2.24, 2.45) is 5.92 Å². The SMILES string of the molecule is CCC1CCCC1c1cc(F)cc(F)c1. The molecule has 0 bridgehead atoms. The molecule has 1 aliphatic carbocycles. The quantitative estimate of drug-likeness (QED) is 0.684. The average Bonchev–Trinajstić information content (AvgIpc) is 2.63. The smallest absolute Gasteiger partial charge is 0.126 e. The van der Waals surface area contributed by atoms with E-state index in [1.807, 2.05) is 0 Å². The third kappa shape index (κ3) is 2.19. The molecule has 1 fully saturated rings. The van der Waals surface area contributed by atoms with Gasteiger partial charge in [0.15, 0.2) is 0 Å². The average molecular weight is 210 g/mol. The Labute approximate surface area is 89.3 Å². The molecule has 0 radical (unpaired) electrons. The number of hydrogen-bond acceptors (Lipinski definition) is 0. The van der Waals surface area contributed by atoms with E-state index in [-0.39, 0.29) is 0 Å². The van der Waals surface area contributed by atoms with Crippen molar-refractivity contribution >= 4 is 0 Å². The molecule has 2 unspecified atom stereocenters. The van der Waals surface area contributed by atoms with E-state index in [1.165, 1.54) is 25.0 Å². The minimum atomic E-state index is -0.452. The van der Waals surface area contributed by atoms with Crippen LogP contribution in [0.5, 0.6) is 0 Å². The zero-order valence-electron chi connectivity index (χ0n) is 8.97. The summed E-state index contributed by atoms with van der Waals surface area (Å²) in [6.07, 6.45) is 4.55. The Kier molecular flexibility index (Phi) is 3.03. The molecule has 15 heavy (non-hydrogen) atoms. The second-order valence-corrected chi connectivity index (χ2v) is 4.41. The number of rotatable bonds is 2. The first-order valence-electron chi connectivity index (χ1n) is 5.66. The van der Waals surface area contributed by atoms with Crippen LogP contribution in [-0.4, -0.2) is 0 Å². The summed E-state index contributed by atoms with van der Waals surface area (Å²) in [7, 11) is 0. The van der Waals surface area contributed by atoms with Gasteiger partial charge < -0.3 is 0 Å². The molecule has 0 amide bonds. The van der Waals surface area contributed by atoms with Crippen LogP contribution in [0.25, 0.3) is 0 Å². The highest BCUT2D eigenvalue weighted by Gasteiger charge is 2.27. The van der Waals surface area contributed by atoms with E-state index in [9.17, 15) is 8.78 Å².